The second-order valence-corrected chi connectivity index (χ2v) is 5.63. The fourth-order valence-corrected chi connectivity index (χ4v) is 2.93. The Labute approximate surface area is 135 Å². The summed E-state index contributed by atoms with van der Waals surface area (Å²) in [5.74, 6) is -1.37. The van der Waals surface area contributed by atoms with Crippen LogP contribution < -0.4 is 0 Å². The summed E-state index contributed by atoms with van der Waals surface area (Å²) in [7, 11) is 0. The summed E-state index contributed by atoms with van der Waals surface area (Å²) in [6.45, 7) is -0.749. The minimum atomic E-state index is -1.91. The Morgan fingerprint density at radius 2 is 1.50 bits per heavy atom. The van der Waals surface area contributed by atoms with Crippen LogP contribution in [0.3, 0.4) is 0 Å². The van der Waals surface area contributed by atoms with Gasteiger partial charge in [-0.3, -0.25) is 0 Å². The first-order valence-corrected chi connectivity index (χ1v) is 7.08. The van der Waals surface area contributed by atoms with E-state index in [2.05, 4.69) is 4.74 Å². The predicted molar refractivity (Wildman–Crippen MR) is 69.3 cm³/mol. The van der Waals surface area contributed by atoms with Gasteiger partial charge >= 0.3 is 6.16 Å². The van der Waals surface area contributed by atoms with Crippen LogP contribution in [-0.2, 0) is 14.2 Å². The molecule has 0 aliphatic carbocycles. The molecule has 2 saturated heterocycles. The Morgan fingerprint density at radius 1 is 0.875 bits per heavy atom. The monoisotopic (exact) mass is 356 g/mol. The minimum absolute atomic E-state index is 0.749. The molecular weight excluding hydrogens is 336 g/mol. The van der Waals surface area contributed by atoms with Crippen LogP contribution in [0.5, 0.6) is 0 Å². The molecule has 0 aromatic carbocycles. The Morgan fingerprint density at radius 3 is 2.04 bits per heavy atom. The van der Waals surface area contributed by atoms with E-state index in [1.54, 1.807) is 0 Å². The third kappa shape index (κ3) is 3.46. The molecule has 0 spiro atoms. The van der Waals surface area contributed by atoms with Crippen molar-refractivity contribution in [3.05, 3.63) is 0 Å². The summed E-state index contributed by atoms with van der Waals surface area (Å²) in [5, 5.41) is 76.8. The van der Waals surface area contributed by atoms with Gasteiger partial charge in [0.1, 0.15) is 24.4 Å². The molecule has 0 aromatic heterocycles. The fourth-order valence-electron chi connectivity index (χ4n) is 2.93. The van der Waals surface area contributed by atoms with Crippen LogP contribution in [0.1, 0.15) is 0 Å². The van der Waals surface area contributed by atoms with Crippen LogP contribution >= 0.6 is 0 Å². The first-order chi connectivity index (χ1) is 11.2. The van der Waals surface area contributed by atoms with Crippen LogP contribution in [0.25, 0.3) is 0 Å². The molecule has 140 valence electrons. The molecule has 0 saturated carbocycles. The van der Waals surface area contributed by atoms with E-state index >= 15 is 0 Å². The molecule has 2 rings (SSSR count). The molecule has 0 radical (unpaired) electrons. The van der Waals surface area contributed by atoms with Crippen molar-refractivity contribution >= 4 is 6.16 Å². The molecule has 0 bridgehead atoms. The number of aliphatic hydroxyl groups is 7. The summed E-state index contributed by atoms with van der Waals surface area (Å²) >= 11 is 0. The van der Waals surface area contributed by atoms with Crippen molar-refractivity contribution < 1.29 is 59.9 Å². The molecule has 12 heteroatoms. The lowest BCUT2D eigenvalue weighted by Crippen LogP contribution is -2.67. The molecular formula is C12H20O12. The van der Waals surface area contributed by atoms with Gasteiger partial charge in [-0.05, 0) is 0 Å². The summed E-state index contributed by atoms with van der Waals surface area (Å²) in [5.41, 5.74) is 0. The van der Waals surface area contributed by atoms with Gasteiger partial charge in [0.05, 0.1) is 24.9 Å². The van der Waals surface area contributed by atoms with Gasteiger partial charge in [0.25, 0.3) is 0 Å². The van der Waals surface area contributed by atoms with E-state index in [0.717, 1.165) is 0 Å². The molecule has 2 aliphatic rings. The first kappa shape index (κ1) is 19.2. The molecule has 2 fully saturated rings. The molecule has 8 N–H and O–H groups in total. The number of rotatable bonds is 3. The predicted octanol–water partition coefficient (Wildman–Crippen LogP) is -4.46. The lowest BCUT2D eigenvalue weighted by molar-refractivity contribution is -0.335. The zero-order chi connectivity index (χ0) is 18.2. The fraction of sp³-hybridized carbons (Fsp3) is 0.917. The highest BCUT2D eigenvalue weighted by molar-refractivity contribution is 5.57. The van der Waals surface area contributed by atoms with Crippen LogP contribution in [0.4, 0.5) is 4.79 Å². The number of aliphatic hydroxyl groups excluding tert-OH is 7. The van der Waals surface area contributed by atoms with Gasteiger partial charge in [0.15, 0.2) is 6.29 Å². The first-order valence-electron chi connectivity index (χ1n) is 7.08. The van der Waals surface area contributed by atoms with Gasteiger partial charge < -0.3 is 55.1 Å². The number of hydrogen-bond acceptors (Lipinski definition) is 11. The van der Waals surface area contributed by atoms with Crippen molar-refractivity contribution in [3.63, 3.8) is 0 Å². The van der Waals surface area contributed by atoms with Gasteiger partial charge in [-0.25, -0.2) is 4.79 Å². The smallest absolute Gasteiger partial charge is 0.450 e. The highest BCUT2D eigenvalue weighted by atomic mass is 16.8. The minimum Gasteiger partial charge on any atom is -0.450 e. The van der Waals surface area contributed by atoms with Gasteiger partial charge in [-0.1, -0.05) is 0 Å². The molecule has 10 atom stereocenters. The molecule has 12 nitrogen and oxygen atoms in total. The van der Waals surface area contributed by atoms with Gasteiger partial charge in [0, 0.05) is 5.92 Å². The summed E-state index contributed by atoms with van der Waals surface area (Å²) in [6.07, 6.45) is -17.6. The standard InChI is InChI=1S/C12H20O12/c13-1-2-3(4(14)7(17)10(19)22-2)9-6(16)5(15)8(18)11(23-9)24-12(20)21/h2-11,13-19H,1H2,(H,20,21)/t2-,3-,4+,5-,6-,7-,8+,9-,10?,11-/m1/s1. The van der Waals surface area contributed by atoms with Crippen LogP contribution in [-0.4, -0.2) is 109 Å². The zero-order valence-electron chi connectivity index (χ0n) is 12.2. The van der Waals surface area contributed by atoms with Crippen molar-refractivity contribution in [2.24, 2.45) is 5.92 Å². The Hall–Kier alpha value is -1.09. The van der Waals surface area contributed by atoms with Gasteiger partial charge in [-0.2, -0.15) is 0 Å². The van der Waals surface area contributed by atoms with Gasteiger partial charge in [-0.15, -0.1) is 0 Å². The summed E-state index contributed by atoms with van der Waals surface area (Å²) < 4.78 is 14.3. The topological polar surface area (TPSA) is 207 Å². The SMILES string of the molecule is O=C(O)O[C@H]1O[C@H]([C@H]2[C@H](O)[C@@H](O)C(O)O[C@@H]2CO)[C@H](O)[C@@H](O)[C@@H]1O. The van der Waals surface area contributed by atoms with Gasteiger partial charge in [0.2, 0.25) is 6.29 Å². The number of carbonyl (C=O) groups is 1. The van der Waals surface area contributed by atoms with E-state index in [9.17, 15) is 40.5 Å². The normalized spacial score (nSPS) is 49.6. The van der Waals surface area contributed by atoms with Crippen LogP contribution in [0, 0.1) is 5.92 Å². The summed E-state index contributed by atoms with van der Waals surface area (Å²) in [6, 6.07) is 0. The van der Waals surface area contributed by atoms with E-state index < -0.39 is 74.0 Å². The maximum absolute atomic E-state index is 10.6. The molecule has 0 aromatic rings. The second kappa shape index (κ2) is 7.43. The lowest BCUT2D eigenvalue weighted by atomic mass is 9.79. The van der Waals surface area contributed by atoms with E-state index in [4.69, 9.17) is 14.6 Å². The molecule has 1 unspecified atom stereocenters. The summed E-state index contributed by atoms with van der Waals surface area (Å²) in [4.78, 5) is 10.6. The Bertz CT molecular complexity index is 444. The van der Waals surface area contributed by atoms with E-state index in [1.807, 2.05) is 0 Å². The Kier molecular flexibility index (Phi) is 5.95. The largest absolute Gasteiger partial charge is 0.508 e. The maximum Gasteiger partial charge on any atom is 0.508 e. The average Bonchev–Trinajstić information content (AvgIpc) is 2.53. The van der Waals surface area contributed by atoms with E-state index in [0.29, 0.717) is 0 Å². The molecule has 0 amide bonds. The molecule has 2 heterocycles. The second-order valence-electron chi connectivity index (χ2n) is 5.63. The number of carboxylic acid groups (broad SMARTS) is 1. The van der Waals surface area contributed by atoms with Crippen LogP contribution in [0.15, 0.2) is 0 Å². The Balaban J connectivity index is 2.27. The van der Waals surface area contributed by atoms with E-state index in [-0.39, 0.29) is 0 Å². The molecule has 24 heavy (non-hydrogen) atoms. The number of hydrogen-bond donors (Lipinski definition) is 8. The van der Waals surface area contributed by atoms with Crippen molar-refractivity contribution in [3.8, 4) is 0 Å². The quantitative estimate of drug-likeness (QED) is 0.225. The maximum atomic E-state index is 10.6. The average molecular weight is 356 g/mol. The highest BCUT2D eigenvalue weighted by Crippen LogP contribution is 2.35. The highest BCUT2D eigenvalue weighted by Gasteiger charge is 2.55. The van der Waals surface area contributed by atoms with Crippen molar-refractivity contribution in [2.75, 3.05) is 6.61 Å². The lowest BCUT2D eigenvalue weighted by Gasteiger charge is -2.48. The zero-order valence-corrected chi connectivity index (χ0v) is 12.2. The van der Waals surface area contributed by atoms with Crippen molar-refractivity contribution in [1.82, 2.24) is 0 Å². The van der Waals surface area contributed by atoms with Crippen molar-refractivity contribution in [2.45, 2.75) is 55.3 Å². The van der Waals surface area contributed by atoms with E-state index in [1.165, 1.54) is 0 Å². The third-order valence-electron chi connectivity index (χ3n) is 4.16. The van der Waals surface area contributed by atoms with Crippen LogP contribution in [0.2, 0.25) is 0 Å². The number of ether oxygens (including phenoxy) is 3. The third-order valence-corrected chi connectivity index (χ3v) is 4.16. The molecule has 2 aliphatic heterocycles. The van der Waals surface area contributed by atoms with Crippen molar-refractivity contribution in [1.29, 1.82) is 0 Å².